The summed E-state index contributed by atoms with van der Waals surface area (Å²) in [6.45, 7) is 3.15. The van der Waals surface area contributed by atoms with Gasteiger partial charge < -0.3 is 19.6 Å². The highest BCUT2D eigenvalue weighted by Crippen LogP contribution is 2.28. The van der Waals surface area contributed by atoms with E-state index in [9.17, 15) is 4.79 Å². The molecule has 1 fully saturated rings. The first kappa shape index (κ1) is 14.7. The Labute approximate surface area is 119 Å². The number of nitrogens with zero attached hydrogens (tertiary/aromatic N) is 2. The van der Waals surface area contributed by atoms with Crippen LogP contribution < -0.4 is 9.64 Å². The minimum absolute atomic E-state index is 0.0763. The average molecular weight is 278 g/mol. The van der Waals surface area contributed by atoms with Crippen LogP contribution in [0.3, 0.4) is 0 Å². The Morgan fingerprint density at radius 3 is 2.60 bits per heavy atom. The Morgan fingerprint density at radius 2 is 1.95 bits per heavy atom. The van der Waals surface area contributed by atoms with Crippen molar-refractivity contribution < 1.29 is 14.6 Å². The van der Waals surface area contributed by atoms with Gasteiger partial charge in [0.05, 0.1) is 12.8 Å². The molecular formula is C15H22N2O3. The molecule has 0 unspecified atom stereocenters. The van der Waals surface area contributed by atoms with E-state index in [4.69, 9.17) is 9.84 Å². The lowest BCUT2D eigenvalue weighted by Crippen LogP contribution is -2.48. The highest BCUT2D eigenvalue weighted by Gasteiger charge is 2.22. The summed E-state index contributed by atoms with van der Waals surface area (Å²) in [6.07, 6.45) is 0.983. The van der Waals surface area contributed by atoms with Gasteiger partial charge in [0, 0.05) is 39.2 Å². The first-order valence-corrected chi connectivity index (χ1v) is 7.03. The fourth-order valence-electron chi connectivity index (χ4n) is 2.48. The first-order chi connectivity index (χ1) is 9.76. The van der Waals surface area contributed by atoms with Crippen molar-refractivity contribution in [1.82, 2.24) is 4.90 Å². The van der Waals surface area contributed by atoms with Crippen LogP contribution in [0.2, 0.25) is 0 Å². The van der Waals surface area contributed by atoms with Gasteiger partial charge in [0.25, 0.3) is 0 Å². The van der Waals surface area contributed by atoms with E-state index >= 15 is 0 Å². The third kappa shape index (κ3) is 3.42. The van der Waals surface area contributed by atoms with Crippen molar-refractivity contribution in [3.63, 3.8) is 0 Å². The smallest absolute Gasteiger partial charge is 0.222 e. The molecule has 1 N–H and O–H groups in total. The summed E-state index contributed by atoms with van der Waals surface area (Å²) in [5.41, 5.74) is 1.08. The summed E-state index contributed by atoms with van der Waals surface area (Å²) in [5.74, 6) is 1.01. The number of methoxy groups -OCH3 is 1. The molecule has 1 saturated heterocycles. The number of piperazine rings is 1. The van der Waals surface area contributed by atoms with Gasteiger partial charge in [-0.3, -0.25) is 4.79 Å². The molecule has 0 atom stereocenters. The van der Waals surface area contributed by atoms with Crippen LogP contribution in [-0.2, 0) is 4.79 Å². The van der Waals surface area contributed by atoms with E-state index in [1.807, 2.05) is 29.2 Å². The van der Waals surface area contributed by atoms with Crippen molar-refractivity contribution >= 4 is 11.6 Å². The van der Waals surface area contributed by atoms with E-state index < -0.39 is 0 Å². The van der Waals surface area contributed by atoms with Crippen molar-refractivity contribution in [1.29, 1.82) is 0 Å². The molecular weight excluding hydrogens is 256 g/mol. The summed E-state index contributed by atoms with van der Waals surface area (Å²) < 4.78 is 5.38. The zero-order valence-corrected chi connectivity index (χ0v) is 11.9. The van der Waals surface area contributed by atoms with Crippen molar-refractivity contribution in [3.05, 3.63) is 24.3 Å². The molecule has 5 heteroatoms. The lowest BCUT2D eigenvalue weighted by molar-refractivity contribution is -0.131. The highest BCUT2D eigenvalue weighted by molar-refractivity contribution is 5.76. The number of carbonyl (C=O) groups is 1. The number of hydrogen-bond donors (Lipinski definition) is 1. The molecule has 5 nitrogen and oxygen atoms in total. The molecule has 20 heavy (non-hydrogen) atoms. The molecule has 0 saturated carbocycles. The third-order valence-corrected chi connectivity index (χ3v) is 3.61. The Morgan fingerprint density at radius 1 is 1.25 bits per heavy atom. The number of amides is 1. The number of aliphatic hydroxyl groups is 1. The number of para-hydroxylation sites is 2. The van der Waals surface area contributed by atoms with E-state index in [-0.39, 0.29) is 12.5 Å². The predicted octanol–water partition coefficient (Wildman–Crippen LogP) is 1.12. The summed E-state index contributed by atoms with van der Waals surface area (Å²) in [5, 5.41) is 8.77. The van der Waals surface area contributed by atoms with Crippen LogP contribution in [0.15, 0.2) is 24.3 Å². The summed E-state index contributed by atoms with van der Waals surface area (Å²) in [6, 6.07) is 7.95. The molecule has 1 aromatic carbocycles. The molecule has 2 rings (SSSR count). The Kier molecular flexibility index (Phi) is 5.24. The summed E-state index contributed by atoms with van der Waals surface area (Å²) in [7, 11) is 1.67. The monoisotopic (exact) mass is 278 g/mol. The second-order valence-corrected chi connectivity index (χ2v) is 4.87. The minimum atomic E-state index is 0.0763. The van der Waals surface area contributed by atoms with Gasteiger partial charge in [-0.25, -0.2) is 0 Å². The number of anilines is 1. The van der Waals surface area contributed by atoms with Crippen molar-refractivity contribution in [2.45, 2.75) is 12.8 Å². The molecule has 1 aliphatic rings. The zero-order chi connectivity index (χ0) is 14.4. The molecule has 1 heterocycles. The van der Waals surface area contributed by atoms with Gasteiger partial charge in [0.1, 0.15) is 5.75 Å². The summed E-state index contributed by atoms with van der Waals surface area (Å²) >= 11 is 0. The van der Waals surface area contributed by atoms with Crippen molar-refractivity contribution in [2.24, 2.45) is 0 Å². The maximum atomic E-state index is 11.9. The van der Waals surface area contributed by atoms with Crippen LogP contribution in [0.25, 0.3) is 0 Å². The standard InChI is InChI=1S/C15H22N2O3/c1-20-14-6-3-2-5-13(14)16-8-10-17(11-9-16)15(19)7-4-12-18/h2-3,5-6,18H,4,7-12H2,1H3. The van der Waals surface area contributed by atoms with E-state index in [2.05, 4.69) is 4.90 Å². The number of rotatable bonds is 5. The van der Waals surface area contributed by atoms with Gasteiger partial charge in [0.15, 0.2) is 0 Å². The second kappa shape index (κ2) is 7.14. The largest absolute Gasteiger partial charge is 0.495 e. The topological polar surface area (TPSA) is 53.0 Å². The number of aliphatic hydroxyl groups excluding tert-OH is 1. The normalized spacial score (nSPS) is 15.3. The fourth-order valence-corrected chi connectivity index (χ4v) is 2.48. The number of carbonyl (C=O) groups excluding carboxylic acids is 1. The predicted molar refractivity (Wildman–Crippen MR) is 78.1 cm³/mol. The average Bonchev–Trinajstić information content (AvgIpc) is 2.52. The Bertz CT molecular complexity index is 442. The lowest BCUT2D eigenvalue weighted by Gasteiger charge is -2.36. The second-order valence-electron chi connectivity index (χ2n) is 4.87. The molecule has 0 spiro atoms. The van der Waals surface area contributed by atoms with Gasteiger partial charge in [-0.15, -0.1) is 0 Å². The van der Waals surface area contributed by atoms with E-state index in [0.717, 1.165) is 37.6 Å². The number of ether oxygens (including phenoxy) is 1. The Balaban J connectivity index is 1.92. The SMILES string of the molecule is COc1ccccc1N1CCN(C(=O)CCCO)CC1. The molecule has 0 radical (unpaired) electrons. The van der Waals surface area contributed by atoms with Crippen LogP contribution in [0.5, 0.6) is 5.75 Å². The summed E-state index contributed by atoms with van der Waals surface area (Å²) in [4.78, 5) is 16.0. The maximum absolute atomic E-state index is 11.9. The lowest BCUT2D eigenvalue weighted by atomic mass is 10.2. The molecule has 0 aromatic heterocycles. The van der Waals surface area contributed by atoms with E-state index in [0.29, 0.717) is 12.8 Å². The van der Waals surface area contributed by atoms with Crippen LogP contribution in [0.1, 0.15) is 12.8 Å². The molecule has 0 bridgehead atoms. The van der Waals surface area contributed by atoms with Crippen LogP contribution >= 0.6 is 0 Å². The fraction of sp³-hybridized carbons (Fsp3) is 0.533. The quantitative estimate of drug-likeness (QED) is 0.877. The van der Waals surface area contributed by atoms with Crippen LogP contribution in [0, 0.1) is 0 Å². The van der Waals surface area contributed by atoms with Crippen molar-refractivity contribution in [3.8, 4) is 5.75 Å². The molecule has 1 aliphatic heterocycles. The third-order valence-electron chi connectivity index (χ3n) is 3.61. The van der Waals surface area contributed by atoms with Gasteiger partial charge in [-0.1, -0.05) is 12.1 Å². The number of benzene rings is 1. The minimum Gasteiger partial charge on any atom is -0.495 e. The van der Waals surface area contributed by atoms with Gasteiger partial charge in [-0.05, 0) is 18.6 Å². The van der Waals surface area contributed by atoms with Crippen LogP contribution in [-0.4, -0.2) is 55.8 Å². The van der Waals surface area contributed by atoms with E-state index in [1.54, 1.807) is 7.11 Å². The number of hydrogen-bond acceptors (Lipinski definition) is 4. The van der Waals surface area contributed by atoms with Gasteiger partial charge >= 0.3 is 0 Å². The molecule has 1 aromatic rings. The van der Waals surface area contributed by atoms with E-state index in [1.165, 1.54) is 0 Å². The zero-order valence-electron chi connectivity index (χ0n) is 11.9. The maximum Gasteiger partial charge on any atom is 0.222 e. The molecule has 0 aliphatic carbocycles. The first-order valence-electron chi connectivity index (χ1n) is 7.03. The highest BCUT2D eigenvalue weighted by atomic mass is 16.5. The van der Waals surface area contributed by atoms with Crippen LogP contribution in [0.4, 0.5) is 5.69 Å². The molecule has 110 valence electrons. The molecule has 1 amide bonds. The van der Waals surface area contributed by atoms with Gasteiger partial charge in [0.2, 0.25) is 5.91 Å². The van der Waals surface area contributed by atoms with Crippen molar-refractivity contribution in [2.75, 3.05) is 44.8 Å². The van der Waals surface area contributed by atoms with Gasteiger partial charge in [-0.2, -0.15) is 0 Å². The Hall–Kier alpha value is -1.75.